The van der Waals surface area contributed by atoms with Gasteiger partial charge in [-0.2, -0.15) is 0 Å². The number of rotatable bonds is 7. The van der Waals surface area contributed by atoms with E-state index >= 15 is 0 Å². The van der Waals surface area contributed by atoms with Crippen LogP contribution in [0, 0.1) is 0 Å². The molecule has 6 heterocycles. The predicted octanol–water partition coefficient (Wildman–Crippen LogP) is 30.3. The molecule has 0 N–H and O–H groups in total. The second-order valence-electron chi connectivity index (χ2n) is 41.5. The van der Waals surface area contributed by atoms with Gasteiger partial charge in [-0.3, -0.25) is 0 Å². The molecule has 590 valence electrons. The Kier molecular flexibility index (Phi) is 16.9. The third kappa shape index (κ3) is 12.5. The number of fused-ring (bicyclic) bond motifs is 16. The highest BCUT2D eigenvalue weighted by molar-refractivity contribution is 7.26. The molecule has 2 aliphatic rings. The number of furan rings is 1. The maximum atomic E-state index is 7.33. The maximum Gasteiger partial charge on any atom is 0.252 e. The van der Waals surface area contributed by atoms with E-state index in [-0.39, 0.29) is 44.6 Å². The number of benzene rings is 14. The number of para-hydroxylation sites is 1. The van der Waals surface area contributed by atoms with Gasteiger partial charge in [0.25, 0.3) is 6.71 Å². The molecule has 5 nitrogen and oxygen atoms in total. The van der Waals surface area contributed by atoms with Crippen molar-refractivity contribution in [3.8, 4) is 44.8 Å². The Balaban J connectivity index is 0.993. The molecular weight excluding hydrogens is 1460 g/mol. The molecule has 0 saturated heterocycles. The summed E-state index contributed by atoms with van der Waals surface area (Å²) in [4.78, 5) is 5.45. The van der Waals surface area contributed by atoms with Crippen LogP contribution in [0.4, 0.5) is 34.1 Å². The highest BCUT2D eigenvalue weighted by Crippen LogP contribution is 2.55. The van der Waals surface area contributed by atoms with E-state index in [1.54, 1.807) is 0 Å². The van der Waals surface area contributed by atoms with Crippen LogP contribution in [0.3, 0.4) is 0 Å². The lowest BCUT2D eigenvalue weighted by Gasteiger charge is -2.45. The molecule has 0 amide bonds. The molecule has 14 aromatic carbocycles. The molecule has 119 heavy (non-hydrogen) atoms. The van der Waals surface area contributed by atoms with Gasteiger partial charge in [0.15, 0.2) is 0 Å². The molecule has 7 heteroatoms. The van der Waals surface area contributed by atoms with Crippen LogP contribution in [0.2, 0.25) is 0 Å². The first-order valence-electron chi connectivity index (χ1n) is 42.9. The highest BCUT2D eigenvalue weighted by atomic mass is 32.1. The standard InChI is InChI=1S/C112H107BN4OS/c1-106(2,3)72-33-29-32-67(50-72)70-54-95(103-81-34-25-27-36-99(81)118-100(103)56-70)116-93-45-38-68(69-51-77(111(16,17)18)58-78(52-69)112(19,20)21)53-88(93)113-87-44-43-79(114-89-46-39-73(107(4,5)6)59-83(89)84-60-74(108(7,8)9)40-47-90(84)114)63-94(87)117(96-55-71(66-30-23-22-24-31-66)57-102-104(96)82-35-26-28-37-101(82)119-102)98-65-80(64-97(116)105(98)113)115-91-48-41-75(109(10,11)12)61-85(91)86-62-76(110(13,14)15)42-49-92(86)115/h22-65H,1-21H3. The summed E-state index contributed by atoms with van der Waals surface area (Å²) in [5.41, 5.74) is 34.2. The lowest BCUT2D eigenvalue weighted by Crippen LogP contribution is -2.61. The van der Waals surface area contributed by atoms with Crippen molar-refractivity contribution in [2.24, 2.45) is 0 Å². The zero-order valence-electron chi connectivity index (χ0n) is 73.1. The number of thiophene rings is 1. The molecule has 0 radical (unpaired) electrons. The van der Waals surface area contributed by atoms with Crippen LogP contribution in [0.1, 0.15) is 184 Å². The maximum absolute atomic E-state index is 7.33. The minimum atomic E-state index is -0.313. The van der Waals surface area contributed by atoms with Gasteiger partial charge in [0.1, 0.15) is 11.2 Å². The van der Waals surface area contributed by atoms with Gasteiger partial charge in [0, 0.05) is 75.5 Å². The summed E-state index contributed by atoms with van der Waals surface area (Å²) in [6.45, 7) is 49.0. The van der Waals surface area contributed by atoms with E-state index in [2.05, 4.69) is 431 Å². The molecule has 20 rings (SSSR count). The Labute approximate surface area is 706 Å². The number of hydrogen-bond donors (Lipinski definition) is 0. The molecule has 0 saturated carbocycles. The number of aromatic nitrogens is 2. The molecule has 4 aromatic heterocycles. The predicted molar refractivity (Wildman–Crippen MR) is 517 cm³/mol. The van der Waals surface area contributed by atoms with Crippen LogP contribution in [0.5, 0.6) is 0 Å². The summed E-state index contributed by atoms with van der Waals surface area (Å²) in [7, 11) is 0. The largest absolute Gasteiger partial charge is 0.456 e. The van der Waals surface area contributed by atoms with E-state index < -0.39 is 0 Å². The Morgan fingerprint density at radius 2 is 0.681 bits per heavy atom. The Hall–Kier alpha value is -11.6. The van der Waals surface area contributed by atoms with Crippen LogP contribution in [0.25, 0.3) is 130 Å². The van der Waals surface area contributed by atoms with Gasteiger partial charge in [-0.25, -0.2) is 0 Å². The lowest BCUT2D eigenvalue weighted by molar-refractivity contribution is 0.569. The van der Waals surface area contributed by atoms with E-state index in [1.807, 2.05) is 11.3 Å². The minimum Gasteiger partial charge on any atom is -0.456 e. The SMILES string of the molecule is CC(C)(C)c1cccc(-c2cc(N3c4ccc(-c5cc(C(C)(C)C)cc(C(C)(C)C)c5)cc4B4c5ccc(-n6c7ccc(C(C)(C)C)cc7c7cc(C(C)(C)C)ccc76)cc5N(c5cc(-c6ccccc6)cc6sc7ccccc7c56)c5cc(-n6c7ccc(C(C)(C)C)cc7c7cc(C(C)(C)C)ccc76)cc3c54)c3c(c2)oc2ccccc23)c1. The van der Waals surface area contributed by atoms with Gasteiger partial charge in [-0.15, -0.1) is 11.3 Å². The van der Waals surface area contributed by atoms with Crippen LogP contribution >= 0.6 is 11.3 Å². The minimum absolute atomic E-state index is 0.0771. The summed E-state index contributed by atoms with van der Waals surface area (Å²) in [6.07, 6.45) is 0. The molecular formula is C112H107BN4OS. The number of nitrogens with zero attached hydrogens (tertiary/aromatic N) is 4. The van der Waals surface area contributed by atoms with Crippen molar-refractivity contribution in [3.05, 3.63) is 306 Å². The molecule has 0 atom stereocenters. The van der Waals surface area contributed by atoms with Crippen molar-refractivity contribution in [2.75, 3.05) is 9.80 Å². The summed E-state index contributed by atoms with van der Waals surface area (Å²) in [6, 6.07) is 105. The first-order chi connectivity index (χ1) is 56.4. The fourth-order valence-electron chi connectivity index (χ4n) is 19.2. The quantitative estimate of drug-likeness (QED) is 0.149. The summed E-state index contributed by atoms with van der Waals surface area (Å²) < 4.78 is 15.0. The highest BCUT2D eigenvalue weighted by Gasteiger charge is 2.46. The second-order valence-corrected chi connectivity index (χ2v) is 42.6. The molecule has 0 bridgehead atoms. The Morgan fingerprint density at radius 3 is 1.23 bits per heavy atom. The topological polar surface area (TPSA) is 29.5 Å². The average Bonchev–Trinajstić information content (AvgIpc) is 1.49. The normalized spacial score (nSPS) is 13.7. The second kappa shape index (κ2) is 26.4. The summed E-state index contributed by atoms with van der Waals surface area (Å²) in [5.74, 6) is 0. The molecule has 0 aliphatic carbocycles. The first kappa shape index (κ1) is 76.1. The smallest absolute Gasteiger partial charge is 0.252 e. The fourth-order valence-corrected chi connectivity index (χ4v) is 20.4. The van der Waals surface area contributed by atoms with Gasteiger partial charge in [0.05, 0.1) is 44.5 Å². The molecule has 2 aliphatic heterocycles. The van der Waals surface area contributed by atoms with Gasteiger partial charge in [-0.05, 0) is 242 Å². The van der Waals surface area contributed by atoms with Gasteiger partial charge in [-0.1, -0.05) is 297 Å². The van der Waals surface area contributed by atoms with Gasteiger partial charge >= 0.3 is 0 Å². The Bertz CT molecular complexity index is 7110. The zero-order chi connectivity index (χ0) is 83.0. The molecule has 0 fully saturated rings. The number of hydrogen-bond acceptors (Lipinski definition) is 4. The summed E-state index contributed by atoms with van der Waals surface area (Å²) in [5, 5.41) is 9.58. The van der Waals surface area contributed by atoms with Gasteiger partial charge in [0.2, 0.25) is 0 Å². The van der Waals surface area contributed by atoms with Crippen molar-refractivity contribution in [2.45, 2.75) is 183 Å². The third-order valence-electron chi connectivity index (χ3n) is 26.1. The van der Waals surface area contributed by atoms with E-state index in [9.17, 15) is 0 Å². The van der Waals surface area contributed by atoms with Crippen LogP contribution < -0.4 is 26.2 Å². The van der Waals surface area contributed by atoms with Crippen molar-refractivity contribution >= 4 is 154 Å². The molecule has 18 aromatic rings. The van der Waals surface area contributed by atoms with E-state index in [0.717, 1.165) is 95.2 Å². The van der Waals surface area contributed by atoms with Gasteiger partial charge < -0.3 is 23.4 Å². The van der Waals surface area contributed by atoms with Crippen molar-refractivity contribution in [1.29, 1.82) is 0 Å². The first-order valence-corrected chi connectivity index (χ1v) is 43.7. The average molecular weight is 1570 g/mol. The van der Waals surface area contributed by atoms with Crippen LogP contribution in [0.15, 0.2) is 271 Å². The number of anilines is 6. The fraction of sp³-hybridized carbons (Fsp3) is 0.250. The van der Waals surface area contributed by atoms with E-state index in [0.29, 0.717) is 0 Å². The Morgan fingerprint density at radius 1 is 0.244 bits per heavy atom. The monoisotopic (exact) mass is 1570 g/mol. The molecule has 0 spiro atoms. The lowest BCUT2D eigenvalue weighted by atomic mass is 9.33. The third-order valence-corrected chi connectivity index (χ3v) is 27.2. The molecule has 0 unspecified atom stereocenters. The zero-order valence-corrected chi connectivity index (χ0v) is 73.9. The van der Waals surface area contributed by atoms with Crippen molar-refractivity contribution < 1.29 is 4.42 Å². The van der Waals surface area contributed by atoms with E-state index in [1.165, 1.54) is 125 Å². The van der Waals surface area contributed by atoms with Crippen LogP contribution in [-0.2, 0) is 37.9 Å². The van der Waals surface area contributed by atoms with Crippen molar-refractivity contribution in [3.63, 3.8) is 0 Å². The van der Waals surface area contributed by atoms with Crippen LogP contribution in [-0.4, -0.2) is 15.8 Å². The van der Waals surface area contributed by atoms with E-state index in [4.69, 9.17) is 4.42 Å². The van der Waals surface area contributed by atoms with Crippen molar-refractivity contribution in [1.82, 2.24) is 9.13 Å². The summed E-state index contributed by atoms with van der Waals surface area (Å²) >= 11 is 1.89.